The molecule has 0 aliphatic carbocycles. The molecule has 150 valence electrons. The van der Waals surface area contributed by atoms with Crippen molar-refractivity contribution < 1.29 is 22.7 Å². The van der Waals surface area contributed by atoms with Gasteiger partial charge in [0, 0.05) is 6.26 Å². The summed E-state index contributed by atoms with van der Waals surface area (Å²) in [6.45, 7) is 5.51. The Kier molecular flexibility index (Phi) is 6.96. The number of esters is 1. The minimum Gasteiger partial charge on any atom is -0.452 e. The highest BCUT2D eigenvalue weighted by molar-refractivity contribution is 7.89. The summed E-state index contributed by atoms with van der Waals surface area (Å²) in [5.41, 5.74) is 4.14. The van der Waals surface area contributed by atoms with E-state index < -0.39 is 21.7 Å². The zero-order valence-electron chi connectivity index (χ0n) is 16.5. The van der Waals surface area contributed by atoms with Crippen molar-refractivity contribution in [1.29, 1.82) is 0 Å². The Balaban J connectivity index is 1.87. The van der Waals surface area contributed by atoms with Crippen molar-refractivity contribution in [2.45, 2.75) is 32.6 Å². The van der Waals surface area contributed by atoms with Crippen molar-refractivity contribution in [3.8, 4) is 0 Å². The number of hydrogen-bond donors (Lipinski definition) is 1. The van der Waals surface area contributed by atoms with Gasteiger partial charge in [-0.3, -0.25) is 4.79 Å². The molecule has 0 radical (unpaired) electrons. The van der Waals surface area contributed by atoms with Crippen LogP contribution in [0.4, 0.5) is 0 Å². The fraction of sp³-hybridized carbons (Fsp3) is 0.333. The van der Waals surface area contributed by atoms with Crippen LogP contribution in [0, 0.1) is 13.8 Å². The fourth-order valence-electron chi connectivity index (χ4n) is 2.65. The van der Waals surface area contributed by atoms with E-state index in [1.165, 1.54) is 17.7 Å². The van der Waals surface area contributed by atoms with Crippen LogP contribution < -0.4 is 5.32 Å². The van der Waals surface area contributed by atoms with Crippen LogP contribution in [0.1, 0.15) is 45.6 Å². The Morgan fingerprint density at radius 1 is 1.04 bits per heavy atom. The molecule has 0 aliphatic heterocycles. The van der Waals surface area contributed by atoms with Crippen molar-refractivity contribution >= 4 is 21.7 Å². The first-order valence-electron chi connectivity index (χ1n) is 8.85. The van der Waals surface area contributed by atoms with Crippen LogP contribution in [0.25, 0.3) is 0 Å². The zero-order valence-corrected chi connectivity index (χ0v) is 17.3. The van der Waals surface area contributed by atoms with Crippen LogP contribution in [0.15, 0.2) is 42.5 Å². The van der Waals surface area contributed by atoms with Crippen LogP contribution in [0.2, 0.25) is 0 Å². The molecule has 1 amide bonds. The lowest BCUT2D eigenvalue weighted by Gasteiger charge is -2.15. The molecule has 28 heavy (non-hydrogen) atoms. The Morgan fingerprint density at radius 3 is 2.25 bits per heavy atom. The van der Waals surface area contributed by atoms with Gasteiger partial charge in [-0.15, -0.1) is 0 Å². The van der Waals surface area contributed by atoms with Crippen LogP contribution in [0.3, 0.4) is 0 Å². The molecule has 0 saturated carbocycles. The summed E-state index contributed by atoms with van der Waals surface area (Å²) in [7, 11) is -3.14. The first-order valence-corrected chi connectivity index (χ1v) is 10.9. The zero-order chi connectivity index (χ0) is 20.9. The van der Waals surface area contributed by atoms with E-state index >= 15 is 0 Å². The molecule has 0 saturated heterocycles. The number of carbonyl (C=O) groups excluding carboxylic acids is 2. The number of nitrogens with one attached hydrogen (secondary N) is 1. The summed E-state index contributed by atoms with van der Waals surface area (Å²) in [5, 5.41) is 2.80. The normalized spacial score (nSPS) is 12.3. The molecular formula is C21H25NO5S. The summed E-state index contributed by atoms with van der Waals surface area (Å²) in [6.07, 6.45) is 1.15. The largest absolute Gasteiger partial charge is 0.452 e. The SMILES string of the molecule is Cc1ccc([C@@H](C)NC(=O)COC(=O)c2ccc(CS(C)(=O)=O)cc2)cc1C. The average Bonchev–Trinajstić information content (AvgIpc) is 2.61. The van der Waals surface area contributed by atoms with Gasteiger partial charge in [-0.2, -0.15) is 0 Å². The summed E-state index contributed by atoms with van der Waals surface area (Å²) >= 11 is 0. The van der Waals surface area contributed by atoms with Crippen LogP contribution in [-0.4, -0.2) is 33.2 Å². The third-order valence-corrected chi connectivity index (χ3v) is 5.22. The number of benzene rings is 2. The van der Waals surface area contributed by atoms with E-state index in [0.29, 0.717) is 5.56 Å². The van der Waals surface area contributed by atoms with Gasteiger partial charge in [0.25, 0.3) is 5.91 Å². The Morgan fingerprint density at radius 2 is 1.68 bits per heavy atom. The third-order valence-electron chi connectivity index (χ3n) is 4.36. The van der Waals surface area contributed by atoms with Crippen LogP contribution in [0.5, 0.6) is 0 Å². The van der Waals surface area contributed by atoms with Crippen LogP contribution >= 0.6 is 0 Å². The maximum atomic E-state index is 12.1. The van der Waals surface area contributed by atoms with Gasteiger partial charge in [0.2, 0.25) is 0 Å². The van der Waals surface area contributed by atoms with E-state index in [0.717, 1.165) is 17.4 Å². The Labute approximate surface area is 165 Å². The third kappa shape index (κ3) is 6.49. The van der Waals surface area contributed by atoms with Gasteiger partial charge in [-0.05, 0) is 55.2 Å². The average molecular weight is 404 g/mol. The molecule has 2 aromatic carbocycles. The standard InChI is InChI=1S/C21H25NO5S/c1-14-5-8-19(11-15(14)2)16(3)22-20(23)12-27-21(24)18-9-6-17(7-10-18)13-28(4,25)26/h5-11,16H,12-13H2,1-4H3,(H,22,23)/t16-/m1/s1. The van der Waals surface area contributed by atoms with Crippen LogP contribution in [-0.2, 0) is 25.1 Å². The van der Waals surface area contributed by atoms with Gasteiger partial charge < -0.3 is 10.1 Å². The van der Waals surface area contributed by atoms with E-state index in [1.54, 1.807) is 12.1 Å². The van der Waals surface area contributed by atoms with E-state index in [4.69, 9.17) is 4.74 Å². The van der Waals surface area contributed by atoms with Gasteiger partial charge in [0.1, 0.15) is 0 Å². The molecule has 0 aromatic heterocycles. The van der Waals surface area contributed by atoms with Gasteiger partial charge >= 0.3 is 5.97 Å². The van der Waals surface area contributed by atoms with E-state index in [-0.39, 0.29) is 24.0 Å². The Bertz CT molecular complexity index is 965. The number of aryl methyl sites for hydroxylation is 2. The molecule has 0 spiro atoms. The topological polar surface area (TPSA) is 89.5 Å². The highest BCUT2D eigenvalue weighted by Crippen LogP contribution is 2.16. The van der Waals surface area contributed by atoms with Gasteiger partial charge in [0.15, 0.2) is 16.4 Å². The second-order valence-electron chi connectivity index (χ2n) is 6.98. The van der Waals surface area contributed by atoms with E-state index in [2.05, 4.69) is 5.32 Å². The number of carbonyl (C=O) groups is 2. The lowest BCUT2D eigenvalue weighted by molar-refractivity contribution is -0.124. The quantitative estimate of drug-likeness (QED) is 0.718. The highest BCUT2D eigenvalue weighted by atomic mass is 32.2. The first kappa shape index (κ1) is 21.6. The second-order valence-corrected chi connectivity index (χ2v) is 9.12. The molecule has 0 aliphatic rings. The summed E-state index contributed by atoms with van der Waals surface area (Å²) in [5.74, 6) is -1.13. The smallest absolute Gasteiger partial charge is 0.338 e. The highest BCUT2D eigenvalue weighted by Gasteiger charge is 2.14. The number of hydrogen-bond acceptors (Lipinski definition) is 5. The number of amides is 1. The molecule has 0 fully saturated rings. The molecule has 7 heteroatoms. The predicted molar refractivity (Wildman–Crippen MR) is 108 cm³/mol. The molecule has 0 bridgehead atoms. The Hall–Kier alpha value is -2.67. The summed E-state index contributed by atoms with van der Waals surface area (Å²) in [6, 6.07) is 11.8. The number of rotatable bonds is 7. The molecule has 2 rings (SSSR count). The molecule has 6 nitrogen and oxygen atoms in total. The lowest BCUT2D eigenvalue weighted by atomic mass is 10.0. The van der Waals surface area contributed by atoms with Crippen molar-refractivity contribution in [2.24, 2.45) is 0 Å². The predicted octanol–water partition coefficient (Wildman–Crippen LogP) is 2.88. The summed E-state index contributed by atoms with van der Waals surface area (Å²) < 4.78 is 27.6. The van der Waals surface area contributed by atoms with Gasteiger partial charge in [0.05, 0.1) is 17.4 Å². The summed E-state index contributed by atoms with van der Waals surface area (Å²) in [4.78, 5) is 24.1. The molecular weight excluding hydrogens is 378 g/mol. The maximum absolute atomic E-state index is 12.1. The maximum Gasteiger partial charge on any atom is 0.338 e. The van der Waals surface area contributed by atoms with Crippen molar-refractivity contribution in [3.63, 3.8) is 0 Å². The van der Waals surface area contributed by atoms with Crippen molar-refractivity contribution in [1.82, 2.24) is 5.32 Å². The molecule has 0 heterocycles. The molecule has 0 unspecified atom stereocenters. The molecule has 1 N–H and O–H groups in total. The molecule has 1 atom stereocenters. The van der Waals surface area contributed by atoms with E-state index in [9.17, 15) is 18.0 Å². The van der Waals surface area contributed by atoms with Gasteiger partial charge in [-0.1, -0.05) is 30.3 Å². The van der Waals surface area contributed by atoms with E-state index in [1.807, 2.05) is 39.0 Å². The first-order chi connectivity index (χ1) is 13.0. The number of ether oxygens (including phenoxy) is 1. The number of sulfone groups is 1. The van der Waals surface area contributed by atoms with Crippen molar-refractivity contribution in [2.75, 3.05) is 12.9 Å². The van der Waals surface area contributed by atoms with Crippen molar-refractivity contribution in [3.05, 3.63) is 70.3 Å². The minimum absolute atomic E-state index is 0.0961. The van der Waals surface area contributed by atoms with Gasteiger partial charge in [-0.25, -0.2) is 13.2 Å². The fourth-order valence-corrected chi connectivity index (χ4v) is 3.45. The second kappa shape index (κ2) is 9.01. The molecule has 2 aromatic rings. The minimum atomic E-state index is -3.14. The monoisotopic (exact) mass is 403 g/mol. The lowest BCUT2D eigenvalue weighted by Crippen LogP contribution is -2.31.